The first-order valence-corrected chi connectivity index (χ1v) is 10.5. The van der Waals surface area contributed by atoms with Crippen LogP contribution in [0.3, 0.4) is 0 Å². The topological polar surface area (TPSA) is 101 Å². The normalized spacial score (nSPS) is 32.3. The maximum Gasteiger partial charge on any atom is 0.107 e. The molecule has 2 aliphatic carbocycles. The Morgan fingerprint density at radius 3 is 2.07 bits per heavy atom. The average molecular weight is 419 g/mol. The van der Waals surface area contributed by atoms with Crippen LogP contribution in [-0.2, 0) is 6.42 Å². The minimum absolute atomic E-state index is 0.490. The minimum atomic E-state index is -1.45. The van der Waals surface area contributed by atoms with Crippen molar-refractivity contribution >= 4 is 11.6 Å². The van der Waals surface area contributed by atoms with Gasteiger partial charge in [-0.1, -0.05) is 48.0 Å². The first-order valence-electron chi connectivity index (χ1n) is 10.1. The highest BCUT2D eigenvalue weighted by molar-refractivity contribution is 6.31. The molecule has 2 aromatic carbocycles. The number of benzene rings is 2. The van der Waals surface area contributed by atoms with E-state index in [1.807, 2.05) is 6.07 Å². The van der Waals surface area contributed by atoms with E-state index in [4.69, 9.17) is 11.6 Å². The van der Waals surface area contributed by atoms with Crippen LogP contribution in [0, 0.1) is 5.92 Å². The van der Waals surface area contributed by atoms with Gasteiger partial charge in [0.1, 0.15) is 6.10 Å². The molecule has 6 heteroatoms. The predicted octanol–water partition coefficient (Wildman–Crippen LogP) is 1.96. The Bertz CT molecular complexity index is 851. The molecule has 5 nitrogen and oxygen atoms in total. The standard InChI is InChI=1S/C23H27ClO5/c24-18-8-7-15(19-20(26)17(11-25)21(27)23(29)22(19)28)10-16(18)9-12-1-3-13(4-2-12)14-5-6-14/h1-4,7-8,10,14,17,19-23,25-29H,5-6,9,11H2/t17-,19+,20-,21+,22-,23-/m0/s1. The fourth-order valence-corrected chi connectivity index (χ4v) is 4.61. The molecule has 156 valence electrons. The molecular weight excluding hydrogens is 392 g/mol. The SMILES string of the molecule is OC[C@@H]1[C@@H](O)[C@H](O)[C@@H](O)[C@H](c2ccc(Cl)c(Cc3ccc(C4CC4)cc3)c2)[C@H]1O. The Morgan fingerprint density at radius 1 is 0.793 bits per heavy atom. The largest absolute Gasteiger partial charge is 0.396 e. The summed E-state index contributed by atoms with van der Waals surface area (Å²) in [6.07, 6.45) is -2.27. The van der Waals surface area contributed by atoms with Gasteiger partial charge in [0.2, 0.25) is 0 Å². The Hall–Kier alpha value is -1.47. The number of aliphatic hydroxyl groups is 5. The van der Waals surface area contributed by atoms with Gasteiger partial charge in [-0.15, -0.1) is 0 Å². The van der Waals surface area contributed by atoms with Crippen LogP contribution in [0.5, 0.6) is 0 Å². The molecule has 6 atom stereocenters. The van der Waals surface area contributed by atoms with Crippen molar-refractivity contribution in [3.05, 3.63) is 69.7 Å². The van der Waals surface area contributed by atoms with E-state index in [1.54, 1.807) is 12.1 Å². The molecule has 2 aromatic rings. The molecule has 0 heterocycles. The van der Waals surface area contributed by atoms with Crippen LogP contribution in [0.15, 0.2) is 42.5 Å². The molecule has 2 fully saturated rings. The summed E-state index contributed by atoms with van der Waals surface area (Å²) in [5.41, 5.74) is 3.94. The summed E-state index contributed by atoms with van der Waals surface area (Å²) in [4.78, 5) is 0. The predicted molar refractivity (Wildman–Crippen MR) is 110 cm³/mol. The third kappa shape index (κ3) is 4.08. The number of rotatable bonds is 5. The minimum Gasteiger partial charge on any atom is -0.396 e. The first-order chi connectivity index (χ1) is 13.9. The van der Waals surface area contributed by atoms with Gasteiger partial charge in [-0.2, -0.15) is 0 Å². The second-order valence-electron chi connectivity index (χ2n) is 8.38. The van der Waals surface area contributed by atoms with Gasteiger partial charge in [0, 0.05) is 16.9 Å². The summed E-state index contributed by atoms with van der Waals surface area (Å²) in [6, 6.07) is 13.8. The molecule has 29 heavy (non-hydrogen) atoms. The van der Waals surface area contributed by atoms with Gasteiger partial charge in [-0.25, -0.2) is 0 Å². The van der Waals surface area contributed by atoms with Gasteiger partial charge < -0.3 is 25.5 Å². The van der Waals surface area contributed by atoms with E-state index in [-0.39, 0.29) is 0 Å². The van der Waals surface area contributed by atoms with Crippen LogP contribution in [0.25, 0.3) is 0 Å². The van der Waals surface area contributed by atoms with Crippen molar-refractivity contribution in [2.24, 2.45) is 5.92 Å². The summed E-state index contributed by atoms with van der Waals surface area (Å²) in [5.74, 6) is -1.07. The van der Waals surface area contributed by atoms with Crippen molar-refractivity contribution < 1.29 is 25.5 Å². The molecule has 0 bridgehead atoms. The van der Waals surface area contributed by atoms with Crippen LogP contribution < -0.4 is 0 Å². The maximum absolute atomic E-state index is 10.7. The third-order valence-corrected chi connectivity index (χ3v) is 6.77. The molecule has 0 radical (unpaired) electrons. The summed E-state index contributed by atoms with van der Waals surface area (Å²) in [5, 5.41) is 51.5. The molecule has 4 rings (SSSR count). The van der Waals surface area contributed by atoms with Crippen molar-refractivity contribution in [3.63, 3.8) is 0 Å². The van der Waals surface area contributed by atoms with Crippen LogP contribution in [0.4, 0.5) is 0 Å². The highest BCUT2D eigenvalue weighted by Gasteiger charge is 2.48. The van der Waals surface area contributed by atoms with E-state index in [1.165, 1.54) is 18.4 Å². The first kappa shape index (κ1) is 20.8. The van der Waals surface area contributed by atoms with Crippen molar-refractivity contribution in [2.45, 2.75) is 55.5 Å². The second kappa shape index (κ2) is 8.34. The molecule has 0 unspecified atom stereocenters. The molecule has 0 spiro atoms. The monoisotopic (exact) mass is 418 g/mol. The zero-order chi connectivity index (χ0) is 20.7. The van der Waals surface area contributed by atoms with Crippen LogP contribution >= 0.6 is 11.6 Å². The van der Waals surface area contributed by atoms with E-state index in [0.717, 1.165) is 11.1 Å². The van der Waals surface area contributed by atoms with Crippen LogP contribution in [0.2, 0.25) is 5.02 Å². The zero-order valence-corrected chi connectivity index (χ0v) is 16.8. The molecule has 0 saturated heterocycles. The van der Waals surface area contributed by atoms with E-state index < -0.39 is 42.9 Å². The fraction of sp³-hybridized carbons (Fsp3) is 0.478. The number of hydrogen-bond donors (Lipinski definition) is 5. The lowest BCUT2D eigenvalue weighted by molar-refractivity contribution is -0.169. The Labute approximate surface area is 175 Å². The average Bonchev–Trinajstić information content (AvgIpc) is 3.55. The summed E-state index contributed by atoms with van der Waals surface area (Å²) in [7, 11) is 0. The molecular formula is C23H27ClO5. The lowest BCUT2D eigenvalue weighted by atomic mass is 9.70. The van der Waals surface area contributed by atoms with Gasteiger partial charge in [0.15, 0.2) is 0 Å². The quantitative estimate of drug-likeness (QED) is 0.511. The lowest BCUT2D eigenvalue weighted by Crippen LogP contribution is -2.58. The Balaban J connectivity index is 1.60. The van der Waals surface area contributed by atoms with Crippen molar-refractivity contribution in [1.29, 1.82) is 0 Å². The van der Waals surface area contributed by atoms with E-state index in [2.05, 4.69) is 24.3 Å². The second-order valence-corrected chi connectivity index (χ2v) is 8.79. The van der Waals surface area contributed by atoms with Crippen molar-refractivity contribution in [3.8, 4) is 0 Å². The van der Waals surface area contributed by atoms with E-state index in [0.29, 0.717) is 22.9 Å². The Kier molecular flexibility index (Phi) is 5.98. The number of halogens is 1. The summed E-state index contributed by atoms with van der Waals surface area (Å²) >= 11 is 6.40. The molecule has 0 amide bonds. The molecule has 5 N–H and O–H groups in total. The van der Waals surface area contributed by atoms with E-state index in [9.17, 15) is 25.5 Å². The van der Waals surface area contributed by atoms with Gasteiger partial charge in [-0.3, -0.25) is 0 Å². The van der Waals surface area contributed by atoms with Gasteiger partial charge in [0.05, 0.1) is 24.9 Å². The van der Waals surface area contributed by atoms with E-state index >= 15 is 0 Å². The van der Waals surface area contributed by atoms with Crippen LogP contribution in [0.1, 0.15) is 46.9 Å². The molecule has 0 aliphatic heterocycles. The van der Waals surface area contributed by atoms with Gasteiger partial charge >= 0.3 is 0 Å². The fourth-order valence-electron chi connectivity index (χ4n) is 4.43. The van der Waals surface area contributed by atoms with Crippen LogP contribution in [-0.4, -0.2) is 56.6 Å². The Morgan fingerprint density at radius 2 is 1.45 bits per heavy atom. The van der Waals surface area contributed by atoms with Gasteiger partial charge in [0.25, 0.3) is 0 Å². The maximum atomic E-state index is 10.7. The summed E-state index contributed by atoms with van der Waals surface area (Å²) in [6.45, 7) is -0.490. The number of hydrogen-bond acceptors (Lipinski definition) is 5. The highest BCUT2D eigenvalue weighted by atomic mass is 35.5. The smallest absolute Gasteiger partial charge is 0.107 e. The van der Waals surface area contributed by atoms with Crippen molar-refractivity contribution in [1.82, 2.24) is 0 Å². The molecule has 0 aromatic heterocycles. The lowest BCUT2D eigenvalue weighted by Gasteiger charge is -2.43. The van der Waals surface area contributed by atoms with Crippen molar-refractivity contribution in [2.75, 3.05) is 6.61 Å². The summed E-state index contributed by atoms with van der Waals surface area (Å²) < 4.78 is 0. The third-order valence-electron chi connectivity index (χ3n) is 6.40. The molecule has 2 saturated carbocycles. The zero-order valence-electron chi connectivity index (χ0n) is 16.0. The highest BCUT2D eigenvalue weighted by Crippen LogP contribution is 2.40. The number of aliphatic hydroxyl groups excluding tert-OH is 5. The molecule has 2 aliphatic rings. The van der Waals surface area contributed by atoms with Gasteiger partial charge in [-0.05, 0) is 53.5 Å².